The standard InChI is InChI=1S/C19H25N3O3/c1-4-5-10-25-19(24)16-8-6-7-9-17(16)21-13-15(11-20)18(23)22-12-14(2)3/h6-9,13-14,21H,4-5,10,12H2,1-3H3,(H,22,23)/b15-13-. The lowest BCUT2D eigenvalue weighted by Gasteiger charge is -2.10. The number of hydrogen-bond acceptors (Lipinski definition) is 5. The number of hydrogen-bond donors (Lipinski definition) is 2. The molecule has 6 nitrogen and oxygen atoms in total. The number of nitrogens with zero attached hydrogens (tertiary/aromatic N) is 1. The van der Waals surface area contributed by atoms with Crippen molar-refractivity contribution < 1.29 is 14.3 Å². The molecule has 0 aliphatic carbocycles. The monoisotopic (exact) mass is 343 g/mol. The predicted octanol–water partition coefficient (Wildman–Crippen LogP) is 3.24. The molecule has 2 N–H and O–H groups in total. The summed E-state index contributed by atoms with van der Waals surface area (Å²) in [5.41, 5.74) is 0.776. The SMILES string of the molecule is CCCCOC(=O)c1ccccc1N/C=C(/C#N)C(=O)NCC(C)C. The number of rotatable bonds is 9. The molecule has 0 aliphatic heterocycles. The molecule has 6 heteroatoms. The number of esters is 1. The molecule has 0 aliphatic rings. The van der Waals surface area contributed by atoms with E-state index < -0.39 is 11.9 Å². The number of unbranched alkanes of at least 4 members (excludes halogenated alkanes) is 1. The highest BCUT2D eigenvalue weighted by Gasteiger charge is 2.13. The smallest absolute Gasteiger partial charge is 0.340 e. The van der Waals surface area contributed by atoms with Gasteiger partial charge in [-0.05, 0) is 24.5 Å². The van der Waals surface area contributed by atoms with Gasteiger partial charge in [0.25, 0.3) is 5.91 Å². The average Bonchev–Trinajstić information content (AvgIpc) is 2.60. The van der Waals surface area contributed by atoms with Crippen LogP contribution in [0.15, 0.2) is 36.0 Å². The molecule has 0 saturated carbocycles. The minimum Gasteiger partial charge on any atom is -0.462 e. The van der Waals surface area contributed by atoms with Crippen molar-refractivity contribution in [2.75, 3.05) is 18.5 Å². The Hall–Kier alpha value is -2.81. The van der Waals surface area contributed by atoms with E-state index in [0.717, 1.165) is 12.8 Å². The Morgan fingerprint density at radius 1 is 1.32 bits per heavy atom. The van der Waals surface area contributed by atoms with Gasteiger partial charge in [-0.3, -0.25) is 4.79 Å². The number of carbonyl (C=O) groups excluding carboxylic acids is 2. The summed E-state index contributed by atoms with van der Waals surface area (Å²) in [5, 5.41) is 14.7. The highest BCUT2D eigenvalue weighted by molar-refractivity contribution is 5.98. The van der Waals surface area contributed by atoms with Gasteiger partial charge in [0.1, 0.15) is 11.6 Å². The van der Waals surface area contributed by atoms with Crippen LogP contribution < -0.4 is 10.6 Å². The minimum absolute atomic E-state index is 0.0604. The Bertz CT molecular complexity index is 660. The first-order chi connectivity index (χ1) is 12.0. The molecule has 134 valence electrons. The van der Waals surface area contributed by atoms with Gasteiger partial charge < -0.3 is 15.4 Å². The molecule has 0 fully saturated rings. The quantitative estimate of drug-likeness (QED) is 0.311. The summed E-state index contributed by atoms with van der Waals surface area (Å²) < 4.78 is 5.21. The summed E-state index contributed by atoms with van der Waals surface area (Å²) in [6.07, 6.45) is 3.04. The van der Waals surface area contributed by atoms with Crippen molar-refractivity contribution >= 4 is 17.6 Å². The third-order valence-corrected chi connectivity index (χ3v) is 3.29. The van der Waals surface area contributed by atoms with Gasteiger partial charge in [0.05, 0.1) is 17.9 Å². The number of para-hydroxylation sites is 1. The van der Waals surface area contributed by atoms with Crippen LogP contribution in [0.5, 0.6) is 0 Å². The third-order valence-electron chi connectivity index (χ3n) is 3.29. The van der Waals surface area contributed by atoms with E-state index in [2.05, 4.69) is 10.6 Å². The minimum atomic E-state index is -0.452. The molecule has 0 spiro atoms. The fourth-order valence-electron chi connectivity index (χ4n) is 1.86. The van der Waals surface area contributed by atoms with Gasteiger partial charge in [0.15, 0.2) is 0 Å². The molecule has 0 aromatic heterocycles. The van der Waals surface area contributed by atoms with Gasteiger partial charge in [0.2, 0.25) is 0 Å². The first-order valence-electron chi connectivity index (χ1n) is 8.40. The molecule has 0 heterocycles. The second kappa shape index (κ2) is 10.9. The van der Waals surface area contributed by atoms with Crippen LogP contribution in [0.3, 0.4) is 0 Å². The molecule has 0 atom stereocenters. The Morgan fingerprint density at radius 3 is 2.68 bits per heavy atom. The second-order valence-corrected chi connectivity index (χ2v) is 5.95. The van der Waals surface area contributed by atoms with Crippen molar-refractivity contribution in [3.63, 3.8) is 0 Å². The fourth-order valence-corrected chi connectivity index (χ4v) is 1.86. The molecule has 1 aromatic carbocycles. The molecule has 25 heavy (non-hydrogen) atoms. The van der Waals surface area contributed by atoms with Crippen LogP contribution in [0.2, 0.25) is 0 Å². The topological polar surface area (TPSA) is 91.2 Å². The van der Waals surface area contributed by atoms with Gasteiger partial charge in [-0.25, -0.2) is 4.79 Å². The maximum Gasteiger partial charge on any atom is 0.340 e. The third kappa shape index (κ3) is 7.08. The van der Waals surface area contributed by atoms with Crippen molar-refractivity contribution in [2.45, 2.75) is 33.6 Å². The summed E-state index contributed by atoms with van der Waals surface area (Å²) in [5.74, 6) is -0.602. The molecule has 0 radical (unpaired) electrons. The van der Waals surface area contributed by atoms with Gasteiger partial charge in [0, 0.05) is 12.7 Å². The molecule has 1 amide bonds. The summed E-state index contributed by atoms with van der Waals surface area (Å²) in [6, 6.07) is 8.66. The molecule has 1 aromatic rings. The van der Waals surface area contributed by atoms with Crippen molar-refractivity contribution in [3.05, 3.63) is 41.6 Å². The normalized spacial score (nSPS) is 10.9. The van der Waals surface area contributed by atoms with E-state index in [9.17, 15) is 9.59 Å². The largest absolute Gasteiger partial charge is 0.462 e. The number of nitrogens with one attached hydrogen (secondary N) is 2. The van der Waals surface area contributed by atoms with Crippen LogP contribution in [-0.4, -0.2) is 25.0 Å². The first kappa shape index (κ1) is 20.2. The molecule has 1 rings (SSSR count). The van der Waals surface area contributed by atoms with Crippen LogP contribution in [-0.2, 0) is 9.53 Å². The van der Waals surface area contributed by atoms with Crippen molar-refractivity contribution in [1.82, 2.24) is 5.32 Å². The lowest BCUT2D eigenvalue weighted by molar-refractivity contribution is -0.117. The zero-order valence-corrected chi connectivity index (χ0v) is 15.0. The van der Waals surface area contributed by atoms with Crippen LogP contribution >= 0.6 is 0 Å². The lowest BCUT2D eigenvalue weighted by atomic mass is 10.1. The zero-order chi connectivity index (χ0) is 18.7. The zero-order valence-electron chi connectivity index (χ0n) is 15.0. The van der Waals surface area contributed by atoms with Crippen LogP contribution in [0, 0.1) is 17.2 Å². The molecule has 0 unspecified atom stereocenters. The molecule has 0 bridgehead atoms. The molecular weight excluding hydrogens is 318 g/mol. The number of ether oxygens (including phenoxy) is 1. The van der Waals surface area contributed by atoms with Crippen LogP contribution in [0.1, 0.15) is 44.0 Å². The van der Waals surface area contributed by atoms with E-state index in [1.54, 1.807) is 24.3 Å². The van der Waals surface area contributed by atoms with E-state index in [1.165, 1.54) is 6.20 Å². The summed E-state index contributed by atoms with van der Waals surface area (Å²) >= 11 is 0. The number of carbonyl (C=O) groups is 2. The summed E-state index contributed by atoms with van der Waals surface area (Å²) in [6.45, 7) is 6.80. The average molecular weight is 343 g/mol. The lowest BCUT2D eigenvalue weighted by Crippen LogP contribution is -2.28. The van der Waals surface area contributed by atoms with Gasteiger partial charge in [-0.2, -0.15) is 5.26 Å². The summed E-state index contributed by atoms with van der Waals surface area (Å²) in [4.78, 5) is 24.1. The van der Waals surface area contributed by atoms with E-state index in [-0.39, 0.29) is 11.5 Å². The van der Waals surface area contributed by atoms with E-state index in [0.29, 0.717) is 24.4 Å². The maximum absolute atomic E-state index is 12.1. The van der Waals surface area contributed by atoms with Gasteiger partial charge >= 0.3 is 5.97 Å². The van der Waals surface area contributed by atoms with Crippen molar-refractivity contribution in [1.29, 1.82) is 5.26 Å². The number of amides is 1. The Balaban J connectivity index is 2.82. The Kier molecular flexibility index (Phi) is 8.80. The highest BCUT2D eigenvalue weighted by Crippen LogP contribution is 2.17. The van der Waals surface area contributed by atoms with E-state index in [4.69, 9.17) is 10.00 Å². The Morgan fingerprint density at radius 2 is 2.04 bits per heavy atom. The van der Waals surface area contributed by atoms with Crippen LogP contribution in [0.4, 0.5) is 5.69 Å². The van der Waals surface area contributed by atoms with E-state index >= 15 is 0 Å². The number of benzene rings is 1. The molecule has 0 saturated heterocycles. The summed E-state index contributed by atoms with van der Waals surface area (Å²) in [7, 11) is 0. The maximum atomic E-state index is 12.1. The first-order valence-corrected chi connectivity index (χ1v) is 8.40. The highest BCUT2D eigenvalue weighted by atomic mass is 16.5. The predicted molar refractivity (Wildman–Crippen MR) is 96.8 cm³/mol. The fraction of sp³-hybridized carbons (Fsp3) is 0.421. The Labute approximate surface area is 148 Å². The van der Waals surface area contributed by atoms with Crippen molar-refractivity contribution in [2.24, 2.45) is 5.92 Å². The van der Waals surface area contributed by atoms with Crippen LogP contribution in [0.25, 0.3) is 0 Å². The van der Waals surface area contributed by atoms with Crippen molar-refractivity contribution in [3.8, 4) is 6.07 Å². The van der Waals surface area contributed by atoms with E-state index in [1.807, 2.05) is 26.8 Å². The number of nitriles is 1. The van der Waals surface area contributed by atoms with Gasteiger partial charge in [-0.1, -0.05) is 39.3 Å². The molecular formula is C19H25N3O3. The van der Waals surface area contributed by atoms with Gasteiger partial charge in [-0.15, -0.1) is 0 Å². The second-order valence-electron chi connectivity index (χ2n) is 5.95. The number of anilines is 1.